The standard InChI is InChI=1S/C16H24N2O3/c1-12-10-17-11-15(12)16(19)18(2)8-9-21-14-6-4-13(20-3)5-7-14/h4-7,12,15,17H,8-11H2,1-3H3. The summed E-state index contributed by atoms with van der Waals surface area (Å²) in [6, 6.07) is 7.44. The molecule has 2 rings (SSSR count). The van der Waals surface area contributed by atoms with Crippen LogP contribution in [0.3, 0.4) is 0 Å². The number of methoxy groups -OCH3 is 1. The summed E-state index contributed by atoms with van der Waals surface area (Å²) in [4.78, 5) is 14.1. The number of amides is 1. The van der Waals surface area contributed by atoms with E-state index in [1.807, 2.05) is 31.3 Å². The van der Waals surface area contributed by atoms with Crippen molar-refractivity contribution < 1.29 is 14.3 Å². The molecule has 1 aromatic rings. The smallest absolute Gasteiger partial charge is 0.227 e. The number of ether oxygens (including phenoxy) is 2. The van der Waals surface area contributed by atoms with Crippen molar-refractivity contribution in [3.8, 4) is 11.5 Å². The molecule has 2 unspecified atom stereocenters. The molecule has 1 heterocycles. The fourth-order valence-corrected chi connectivity index (χ4v) is 2.51. The molecule has 2 atom stereocenters. The van der Waals surface area contributed by atoms with E-state index >= 15 is 0 Å². The zero-order valence-corrected chi connectivity index (χ0v) is 13.0. The first kappa shape index (κ1) is 15.6. The number of nitrogens with one attached hydrogen (secondary N) is 1. The van der Waals surface area contributed by atoms with Crippen LogP contribution in [0.1, 0.15) is 6.92 Å². The molecule has 1 aliphatic rings. The molecule has 0 aromatic heterocycles. The third-order valence-corrected chi connectivity index (χ3v) is 3.97. The van der Waals surface area contributed by atoms with E-state index in [1.165, 1.54) is 0 Å². The number of nitrogens with zero attached hydrogens (tertiary/aromatic N) is 1. The molecule has 0 radical (unpaired) electrons. The molecule has 1 aliphatic heterocycles. The van der Waals surface area contributed by atoms with Gasteiger partial charge in [0.25, 0.3) is 0 Å². The van der Waals surface area contributed by atoms with E-state index in [1.54, 1.807) is 12.0 Å². The lowest BCUT2D eigenvalue weighted by Crippen LogP contribution is -2.38. The molecule has 21 heavy (non-hydrogen) atoms. The average Bonchev–Trinajstić information content (AvgIpc) is 2.93. The Balaban J connectivity index is 1.75. The molecule has 0 aliphatic carbocycles. The maximum atomic E-state index is 12.3. The quantitative estimate of drug-likeness (QED) is 0.861. The Hall–Kier alpha value is -1.75. The van der Waals surface area contributed by atoms with Gasteiger partial charge in [-0.05, 0) is 36.7 Å². The minimum Gasteiger partial charge on any atom is -0.497 e. The lowest BCUT2D eigenvalue weighted by atomic mass is 9.97. The van der Waals surface area contributed by atoms with Crippen molar-refractivity contribution >= 4 is 5.91 Å². The number of hydrogen-bond acceptors (Lipinski definition) is 4. The largest absolute Gasteiger partial charge is 0.497 e. The molecule has 1 amide bonds. The van der Waals surface area contributed by atoms with Crippen molar-refractivity contribution in [2.45, 2.75) is 6.92 Å². The summed E-state index contributed by atoms with van der Waals surface area (Å²) in [5.41, 5.74) is 0. The second-order valence-electron chi connectivity index (χ2n) is 5.53. The molecule has 1 fully saturated rings. The van der Waals surface area contributed by atoms with Crippen LogP contribution >= 0.6 is 0 Å². The van der Waals surface area contributed by atoms with E-state index in [4.69, 9.17) is 9.47 Å². The summed E-state index contributed by atoms with van der Waals surface area (Å²) in [7, 11) is 3.47. The van der Waals surface area contributed by atoms with Crippen molar-refractivity contribution in [2.24, 2.45) is 11.8 Å². The van der Waals surface area contributed by atoms with E-state index in [2.05, 4.69) is 12.2 Å². The highest BCUT2D eigenvalue weighted by atomic mass is 16.5. The summed E-state index contributed by atoms with van der Waals surface area (Å²) >= 11 is 0. The molecular formula is C16H24N2O3. The number of carbonyl (C=O) groups excluding carboxylic acids is 1. The van der Waals surface area contributed by atoms with Gasteiger partial charge >= 0.3 is 0 Å². The van der Waals surface area contributed by atoms with Crippen LogP contribution in [0, 0.1) is 11.8 Å². The van der Waals surface area contributed by atoms with E-state index < -0.39 is 0 Å². The SMILES string of the molecule is COc1ccc(OCCN(C)C(=O)C2CNCC2C)cc1. The Morgan fingerprint density at radius 2 is 1.95 bits per heavy atom. The van der Waals surface area contributed by atoms with Crippen LogP contribution in [0.5, 0.6) is 11.5 Å². The van der Waals surface area contributed by atoms with Gasteiger partial charge < -0.3 is 19.7 Å². The molecule has 0 bridgehead atoms. The summed E-state index contributed by atoms with van der Waals surface area (Å²) in [5.74, 6) is 2.29. The van der Waals surface area contributed by atoms with Crippen LogP contribution in [0.15, 0.2) is 24.3 Å². The van der Waals surface area contributed by atoms with E-state index in [0.717, 1.165) is 24.6 Å². The Kier molecular flexibility index (Phi) is 5.44. The Labute approximate surface area is 126 Å². The van der Waals surface area contributed by atoms with Gasteiger partial charge in [-0.1, -0.05) is 6.92 Å². The second kappa shape index (κ2) is 7.31. The van der Waals surface area contributed by atoms with Crippen LogP contribution < -0.4 is 14.8 Å². The molecular weight excluding hydrogens is 268 g/mol. The Morgan fingerprint density at radius 1 is 1.29 bits per heavy atom. The van der Waals surface area contributed by atoms with Crippen molar-refractivity contribution in [1.29, 1.82) is 0 Å². The molecule has 5 nitrogen and oxygen atoms in total. The normalized spacial score (nSPS) is 21.1. The van der Waals surface area contributed by atoms with Gasteiger partial charge in [-0.2, -0.15) is 0 Å². The summed E-state index contributed by atoms with van der Waals surface area (Å²) in [5, 5.41) is 3.26. The number of rotatable bonds is 6. The van der Waals surface area contributed by atoms with Crippen molar-refractivity contribution in [3.63, 3.8) is 0 Å². The highest BCUT2D eigenvalue weighted by Gasteiger charge is 2.31. The van der Waals surface area contributed by atoms with E-state index in [9.17, 15) is 4.79 Å². The minimum atomic E-state index is 0.0935. The van der Waals surface area contributed by atoms with Crippen LogP contribution in [0.25, 0.3) is 0 Å². The van der Waals surface area contributed by atoms with Crippen molar-refractivity contribution in [1.82, 2.24) is 10.2 Å². The second-order valence-corrected chi connectivity index (χ2v) is 5.53. The van der Waals surface area contributed by atoms with Crippen LogP contribution in [-0.2, 0) is 4.79 Å². The predicted octanol–water partition coefficient (Wildman–Crippen LogP) is 1.39. The maximum absolute atomic E-state index is 12.3. The topological polar surface area (TPSA) is 50.8 Å². The molecule has 5 heteroatoms. The van der Waals surface area contributed by atoms with Gasteiger partial charge in [0, 0.05) is 13.6 Å². The monoisotopic (exact) mass is 292 g/mol. The Bertz CT molecular complexity index is 461. The Morgan fingerprint density at radius 3 is 2.52 bits per heavy atom. The molecule has 1 saturated heterocycles. The zero-order valence-electron chi connectivity index (χ0n) is 13.0. The summed E-state index contributed by atoms with van der Waals surface area (Å²) in [6.45, 7) is 4.90. The van der Waals surface area contributed by atoms with Crippen LogP contribution in [0.4, 0.5) is 0 Å². The van der Waals surface area contributed by atoms with Gasteiger partial charge in [0.05, 0.1) is 19.6 Å². The van der Waals surface area contributed by atoms with Crippen molar-refractivity contribution in [3.05, 3.63) is 24.3 Å². The number of likely N-dealkylation sites (N-methyl/N-ethyl adjacent to an activating group) is 1. The van der Waals surface area contributed by atoms with Gasteiger partial charge in [-0.3, -0.25) is 4.79 Å². The van der Waals surface area contributed by atoms with Gasteiger partial charge in [0.1, 0.15) is 18.1 Å². The summed E-state index contributed by atoms with van der Waals surface area (Å²) in [6.07, 6.45) is 0. The van der Waals surface area contributed by atoms with Gasteiger partial charge in [-0.25, -0.2) is 0 Å². The fraction of sp³-hybridized carbons (Fsp3) is 0.562. The first-order chi connectivity index (χ1) is 10.1. The molecule has 0 saturated carbocycles. The molecule has 116 valence electrons. The zero-order chi connectivity index (χ0) is 15.2. The molecule has 1 N–H and O–H groups in total. The lowest BCUT2D eigenvalue weighted by molar-refractivity contribution is -0.134. The third kappa shape index (κ3) is 4.11. The van der Waals surface area contributed by atoms with Crippen molar-refractivity contribution in [2.75, 3.05) is 40.4 Å². The highest BCUT2D eigenvalue weighted by Crippen LogP contribution is 2.19. The maximum Gasteiger partial charge on any atom is 0.227 e. The number of benzene rings is 1. The molecule has 1 aromatic carbocycles. The number of carbonyl (C=O) groups is 1. The highest BCUT2D eigenvalue weighted by molar-refractivity contribution is 5.79. The van der Waals surface area contributed by atoms with Crippen LogP contribution in [-0.4, -0.2) is 51.2 Å². The predicted molar refractivity (Wildman–Crippen MR) is 81.6 cm³/mol. The molecule has 0 spiro atoms. The van der Waals surface area contributed by atoms with Crippen LogP contribution in [0.2, 0.25) is 0 Å². The first-order valence-corrected chi connectivity index (χ1v) is 7.34. The van der Waals surface area contributed by atoms with E-state index in [0.29, 0.717) is 19.1 Å². The van der Waals surface area contributed by atoms with E-state index in [-0.39, 0.29) is 11.8 Å². The summed E-state index contributed by atoms with van der Waals surface area (Å²) < 4.78 is 10.7. The van der Waals surface area contributed by atoms with Gasteiger partial charge in [0.15, 0.2) is 0 Å². The average molecular weight is 292 g/mol. The minimum absolute atomic E-state index is 0.0935. The first-order valence-electron chi connectivity index (χ1n) is 7.34. The lowest BCUT2D eigenvalue weighted by Gasteiger charge is -2.23. The third-order valence-electron chi connectivity index (χ3n) is 3.97. The van der Waals surface area contributed by atoms with Gasteiger partial charge in [0.2, 0.25) is 5.91 Å². The van der Waals surface area contributed by atoms with Gasteiger partial charge in [-0.15, -0.1) is 0 Å². The number of hydrogen-bond donors (Lipinski definition) is 1. The fourth-order valence-electron chi connectivity index (χ4n) is 2.51.